The highest BCUT2D eigenvalue weighted by molar-refractivity contribution is 5.97. The second kappa shape index (κ2) is 12.2. The van der Waals surface area contributed by atoms with Gasteiger partial charge in [-0.05, 0) is 47.7 Å². The zero-order valence-electron chi connectivity index (χ0n) is 21.1. The predicted molar refractivity (Wildman–Crippen MR) is 137 cm³/mol. The third-order valence-electron chi connectivity index (χ3n) is 5.91. The molecule has 37 heavy (non-hydrogen) atoms. The summed E-state index contributed by atoms with van der Waals surface area (Å²) in [6.45, 7) is 5.34. The minimum absolute atomic E-state index is 0.127. The van der Waals surface area contributed by atoms with E-state index in [1.165, 1.54) is 0 Å². The van der Waals surface area contributed by atoms with E-state index in [2.05, 4.69) is 26.3 Å². The monoisotopic (exact) mass is 504 g/mol. The molecular weight excluding hydrogens is 472 g/mol. The molecule has 3 N–H and O–H groups in total. The smallest absolute Gasteiger partial charge is 0.251 e. The first kappa shape index (κ1) is 25.9. The fourth-order valence-electron chi connectivity index (χ4n) is 4.01. The van der Waals surface area contributed by atoms with Gasteiger partial charge in [0.15, 0.2) is 0 Å². The minimum Gasteiger partial charge on any atom is -0.492 e. The van der Waals surface area contributed by atoms with E-state index in [0.29, 0.717) is 36.6 Å². The van der Waals surface area contributed by atoms with Gasteiger partial charge in [-0.25, -0.2) is 4.68 Å². The van der Waals surface area contributed by atoms with Crippen LogP contribution < -0.4 is 20.7 Å². The minimum atomic E-state index is -0.703. The van der Waals surface area contributed by atoms with E-state index in [0.717, 1.165) is 11.1 Å². The Morgan fingerprint density at radius 2 is 1.84 bits per heavy atom. The fraction of sp³-hybridized carbons (Fsp3) is 0.370. The van der Waals surface area contributed by atoms with Gasteiger partial charge in [0.25, 0.3) is 5.91 Å². The van der Waals surface area contributed by atoms with Gasteiger partial charge < -0.3 is 20.7 Å². The van der Waals surface area contributed by atoms with Gasteiger partial charge in [-0.1, -0.05) is 43.3 Å². The molecule has 0 aliphatic carbocycles. The van der Waals surface area contributed by atoms with Crippen LogP contribution in [0.2, 0.25) is 0 Å². The van der Waals surface area contributed by atoms with E-state index >= 15 is 0 Å². The molecule has 10 nitrogen and oxygen atoms in total. The number of carbonyl (C=O) groups is 3. The first-order valence-electron chi connectivity index (χ1n) is 12.4. The quantitative estimate of drug-likeness (QED) is 0.490. The molecular formula is C27H32N6O4. The normalized spacial score (nSPS) is 17.5. The molecule has 2 aromatic carbocycles. The lowest BCUT2D eigenvalue weighted by atomic mass is 10.0. The van der Waals surface area contributed by atoms with E-state index in [9.17, 15) is 14.4 Å². The number of nitrogens with one attached hydrogen (secondary N) is 3. The number of amides is 3. The lowest BCUT2D eigenvalue weighted by Crippen LogP contribution is -2.47. The Hall–Kier alpha value is -4.21. The Morgan fingerprint density at radius 3 is 2.62 bits per heavy atom. The number of hydrogen-bond donors (Lipinski definition) is 3. The number of aromatic nitrogens is 3. The number of fused-ring (bicyclic) bond motifs is 12. The average Bonchev–Trinajstić information content (AvgIpc) is 3.34. The van der Waals surface area contributed by atoms with Crippen LogP contribution >= 0.6 is 0 Å². The van der Waals surface area contributed by atoms with Crippen molar-refractivity contribution in [2.75, 3.05) is 6.61 Å². The highest BCUT2D eigenvalue weighted by Gasteiger charge is 2.23. The molecule has 5 rings (SSSR count). The molecule has 0 saturated heterocycles. The summed E-state index contributed by atoms with van der Waals surface area (Å²) >= 11 is 0. The molecule has 2 aliphatic heterocycles. The van der Waals surface area contributed by atoms with Crippen molar-refractivity contribution in [3.8, 4) is 5.75 Å². The van der Waals surface area contributed by atoms with Crippen molar-refractivity contribution in [3.05, 3.63) is 77.1 Å². The molecule has 1 atom stereocenters. The van der Waals surface area contributed by atoms with Crippen LogP contribution in [0.15, 0.2) is 54.7 Å². The lowest BCUT2D eigenvalue weighted by Gasteiger charge is -2.20. The molecule has 0 fully saturated rings. The van der Waals surface area contributed by atoms with Crippen molar-refractivity contribution < 1.29 is 19.1 Å². The molecule has 6 bridgehead atoms. The number of rotatable bonds is 2. The van der Waals surface area contributed by atoms with Gasteiger partial charge >= 0.3 is 0 Å². The molecule has 3 heterocycles. The number of nitrogens with zero attached hydrogens (tertiary/aromatic N) is 3. The van der Waals surface area contributed by atoms with Gasteiger partial charge in [-0.3, -0.25) is 14.4 Å². The summed E-state index contributed by atoms with van der Waals surface area (Å²) in [7, 11) is 0. The van der Waals surface area contributed by atoms with Gasteiger partial charge in [-0.15, -0.1) is 5.10 Å². The van der Waals surface area contributed by atoms with Crippen LogP contribution in [-0.2, 0) is 35.6 Å². The van der Waals surface area contributed by atoms with Crippen molar-refractivity contribution in [1.82, 2.24) is 30.9 Å². The van der Waals surface area contributed by atoms with Crippen LogP contribution in [0, 0.1) is 5.92 Å². The van der Waals surface area contributed by atoms with Gasteiger partial charge in [0, 0.05) is 12.1 Å². The van der Waals surface area contributed by atoms with Crippen LogP contribution in [0.1, 0.15) is 47.4 Å². The zero-order chi connectivity index (χ0) is 26.2. The molecule has 0 saturated carbocycles. The molecule has 2 aliphatic rings. The number of ether oxygens (including phenoxy) is 1. The van der Waals surface area contributed by atoms with Crippen LogP contribution in [-0.4, -0.2) is 45.4 Å². The number of hydrogen-bond acceptors (Lipinski definition) is 6. The number of benzene rings is 2. The van der Waals surface area contributed by atoms with E-state index in [4.69, 9.17) is 4.74 Å². The third-order valence-corrected chi connectivity index (χ3v) is 5.91. The summed E-state index contributed by atoms with van der Waals surface area (Å²) in [4.78, 5) is 38.4. The van der Waals surface area contributed by atoms with Crippen molar-refractivity contribution in [1.29, 1.82) is 0 Å². The topological polar surface area (TPSA) is 127 Å². The summed E-state index contributed by atoms with van der Waals surface area (Å²) in [6, 6.07) is 13.7. The van der Waals surface area contributed by atoms with E-state index in [1.54, 1.807) is 29.1 Å². The largest absolute Gasteiger partial charge is 0.492 e. The summed E-state index contributed by atoms with van der Waals surface area (Å²) in [6.07, 6.45) is 2.47. The molecule has 10 heteroatoms. The van der Waals surface area contributed by atoms with Crippen LogP contribution in [0.25, 0.3) is 0 Å². The lowest BCUT2D eigenvalue weighted by molar-refractivity contribution is -0.123. The standard InChI is InChI=1S/C27H32N6O4/c1-18(2)12-24-27(36)29-16-22-17-33(32-31-22)10-11-37-23-8-6-19(7-9-23)14-25(34)28-15-20-4-3-5-21(13-20)26(35)30-24/h3-9,13,17-18,24H,10-12,14-16H2,1-2H3,(H,28,34)(H,29,36)(H,30,35)/t24-/m1/s1. The Labute approximate surface area is 215 Å². The second-order valence-electron chi connectivity index (χ2n) is 9.49. The Balaban J connectivity index is 1.53. The first-order valence-corrected chi connectivity index (χ1v) is 12.4. The first-order chi connectivity index (χ1) is 17.9. The summed E-state index contributed by atoms with van der Waals surface area (Å²) < 4.78 is 7.43. The third kappa shape index (κ3) is 7.63. The Bertz CT molecular complexity index is 1240. The van der Waals surface area contributed by atoms with E-state index < -0.39 is 6.04 Å². The summed E-state index contributed by atoms with van der Waals surface area (Å²) in [5.41, 5.74) is 2.68. The zero-order valence-corrected chi connectivity index (χ0v) is 21.1. The van der Waals surface area contributed by atoms with Crippen LogP contribution in [0.4, 0.5) is 0 Å². The maximum absolute atomic E-state index is 13.0. The SMILES string of the molecule is CC(C)C[C@H]1NC(=O)c2cccc(c2)CNC(=O)Cc2ccc(cc2)OCCn2cc(nn2)CNC1=O. The second-order valence-corrected chi connectivity index (χ2v) is 9.49. The fourth-order valence-corrected chi connectivity index (χ4v) is 4.01. The molecule has 194 valence electrons. The highest BCUT2D eigenvalue weighted by Crippen LogP contribution is 2.14. The Kier molecular flexibility index (Phi) is 8.50. The highest BCUT2D eigenvalue weighted by atomic mass is 16.5. The molecule has 1 aromatic heterocycles. The van der Waals surface area contributed by atoms with Gasteiger partial charge in [0.1, 0.15) is 24.1 Å². The molecule has 0 radical (unpaired) electrons. The van der Waals surface area contributed by atoms with E-state index in [1.807, 2.05) is 44.2 Å². The molecule has 0 unspecified atom stereocenters. The van der Waals surface area contributed by atoms with Crippen molar-refractivity contribution in [2.24, 2.45) is 5.92 Å². The average molecular weight is 505 g/mol. The van der Waals surface area contributed by atoms with Crippen LogP contribution in [0.5, 0.6) is 5.75 Å². The van der Waals surface area contributed by atoms with Gasteiger partial charge in [0.2, 0.25) is 11.8 Å². The van der Waals surface area contributed by atoms with E-state index in [-0.39, 0.29) is 43.1 Å². The van der Waals surface area contributed by atoms with Gasteiger partial charge in [-0.2, -0.15) is 0 Å². The molecule has 3 aromatic rings. The van der Waals surface area contributed by atoms with Gasteiger partial charge in [0.05, 0.1) is 25.7 Å². The molecule has 3 amide bonds. The van der Waals surface area contributed by atoms with Crippen molar-refractivity contribution in [2.45, 2.75) is 52.4 Å². The summed E-state index contributed by atoms with van der Waals surface area (Å²) in [5.74, 6) is 0.123. The maximum Gasteiger partial charge on any atom is 0.251 e. The van der Waals surface area contributed by atoms with Crippen LogP contribution in [0.3, 0.4) is 0 Å². The maximum atomic E-state index is 13.0. The molecule has 0 spiro atoms. The van der Waals surface area contributed by atoms with Crippen molar-refractivity contribution in [3.63, 3.8) is 0 Å². The van der Waals surface area contributed by atoms with Crippen molar-refractivity contribution >= 4 is 17.7 Å². The number of carbonyl (C=O) groups excluding carboxylic acids is 3. The summed E-state index contributed by atoms with van der Waals surface area (Å²) in [5, 5.41) is 16.8. The Morgan fingerprint density at radius 1 is 1.03 bits per heavy atom. The predicted octanol–water partition coefficient (Wildman–Crippen LogP) is 1.99.